The molecule has 0 radical (unpaired) electrons. The maximum Gasteiger partial charge on any atom is 0.310 e. The molecule has 0 saturated heterocycles. The number of carboxylic acid groups (broad SMARTS) is 1. The molecule has 17 heavy (non-hydrogen) atoms. The number of benzene rings is 1. The zero-order valence-corrected chi connectivity index (χ0v) is 10.1. The normalized spacial score (nSPS) is 42.5. The van der Waals surface area contributed by atoms with Crippen molar-refractivity contribution in [1.82, 2.24) is 0 Å². The number of methoxy groups -OCH3 is 1. The number of ether oxygens (including phenoxy) is 1. The SMILES string of the molecule is CO[C@@]1(c2ccccc2)C[C@]12C[C@]2(C)C(=O)O. The van der Waals surface area contributed by atoms with Crippen LogP contribution in [0.5, 0.6) is 0 Å². The van der Waals surface area contributed by atoms with Crippen molar-refractivity contribution in [2.24, 2.45) is 10.8 Å². The smallest absolute Gasteiger partial charge is 0.310 e. The molecule has 0 aliphatic heterocycles. The fraction of sp³-hybridized carbons (Fsp3) is 0.500. The van der Waals surface area contributed by atoms with Crippen LogP contribution in [-0.2, 0) is 15.1 Å². The summed E-state index contributed by atoms with van der Waals surface area (Å²) in [6.07, 6.45) is 1.54. The third kappa shape index (κ3) is 1.03. The van der Waals surface area contributed by atoms with Gasteiger partial charge in [0, 0.05) is 12.5 Å². The van der Waals surface area contributed by atoms with Gasteiger partial charge in [0.15, 0.2) is 0 Å². The van der Waals surface area contributed by atoms with Crippen molar-refractivity contribution in [3.63, 3.8) is 0 Å². The van der Waals surface area contributed by atoms with Crippen LogP contribution in [0.3, 0.4) is 0 Å². The summed E-state index contributed by atoms with van der Waals surface area (Å²) < 4.78 is 5.69. The first-order valence-corrected chi connectivity index (χ1v) is 5.87. The second kappa shape index (κ2) is 2.91. The van der Waals surface area contributed by atoms with E-state index < -0.39 is 11.4 Å². The Balaban J connectivity index is 1.99. The molecule has 2 aliphatic rings. The van der Waals surface area contributed by atoms with E-state index in [-0.39, 0.29) is 11.0 Å². The third-order valence-electron chi connectivity index (χ3n) is 4.85. The number of aliphatic carboxylic acids is 1. The average molecular weight is 232 g/mol. The van der Waals surface area contributed by atoms with Gasteiger partial charge in [-0.1, -0.05) is 30.3 Å². The van der Waals surface area contributed by atoms with Gasteiger partial charge < -0.3 is 9.84 Å². The Bertz CT molecular complexity index is 484. The average Bonchev–Trinajstić information content (AvgIpc) is 3.18. The lowest BCUT2D eigenvalue weighted by atomic mass is 9.98. The van der Waals surface area contributed by atoms with E-state index >= 15 is 0 Å². The zero-order valence-electron chi connectivity index (χ0n) is 10.1. The van der Waals surface area contributed by atoms with Crippen LogP contribution >= 0.6 is 0 Å². The van der Waals surface area contributed by atoms with Gasteiger partial charge in [0.25, 0.3) is 0 Å². The van der Waals surface area contributed by atoms with E-state index in [1.165, 1.54) is 0 Å². The van der Waals surface area contributed by atoms with E-state index in [9.17, 15) is 9.90 Å². The Morgan fingerprint density at radius 2 is 1.94 bits per heavy atom. The topological polar surface area (TPSA) is 46.5 Å². The molecule has 3 nitrogen and oxygen atoms in total. The summed E-state index contributed by atoms with van der Waals surface area (Å²) in [4.78, 5) is 11.3. The summed E-state index contributed by atoms with van der Waals surface area (Å²) in [5, 5.41) is 9.31. The molecule has 3 rings (SSSR count). The summed E-state index contributed by atoms with van der Waals surface area (Å²) in [5.41, 5.74) is -0.0604. The van der Waals surface area contributed by atoms with Crippen molar-refractivity contribution >= 4 is 5.97 Å². The third-order valence-corrected chi connectivity index (χ3v) is 4.85. The summed E-state index contributed by atoms with van der Waals surface area (Å²) in [6.45, 7) is 1.83. The van der Waals surface area contributed by atoms with E-state index in [0.29, 0.717) is 0 Å². The van der Waals surface area contributed by atoms with Gasteiger partial charge in [0.05, 0.1) is 5.41 Å². The van der Waals surface area contributed by atoms with Crippen molar-refractivity contribution in [1.29, 1.82) is 0 Å². The second-order valence-corrected chi connectivity index (χ2v) is 5.47. The van der Waals surface area contributed by atoms with Crippen molar-refractivity contribution in [3.05, 3.63) is 35.9 Å². The molecule has 2 fully saturated rings. The maximum atomic E-state index is 11.3. The van der Waals surface area contributed by atoms with Crippen LogP contribution in [0, 0.1) is 10.8 Å². The van der Waals surface area contributed by atoms with Gasteiger partial charge in [-0.25, -0.2) is 0 Å². The maximum absolute atomic E-state index is 11.3. The highest BCUT2D eigenvalue weighted by Gasteiger charge is 2.89. The quantitative estimate of drug-likeness (QED) is 0.870. The number of hydrogen-bond donors (Lipinski definition) is 1. The van der Waals surface area contributed by atoms with Gasteiger partial charge in [-0.05, 0) is 25.3 Å². The van der Waals surface area contributed by atoms with E-state index in [2.05, 4.69) is 0 Å². The number of hydrogen-bond acceptors (Lipinski definition) is 2. The second-order valence-electron chi connectivity index (χ2n) is 5.47. The van der Waals surface area contributed by atoms with Crippen LogP contribution in [0.15, 0.2) is 30.3 Å². The summed E-state index contributed by atoms with van der Waals surface area (Å²) in [6, 6.07) is 9.97. The minimum Gasteiger partial charge on any atom is -0.481 e. The molecule has 2 aliphatic carbocycles. The molecule has 0 heterocycles. The van der Waals surface area contributed by atoms with Crippen molar-refractivity contribution < 1.29 is 14.6 Å². The highest BCUT2D eigenvalue weighted by molar-refractivity contribution is 5.82. The Morgan fingerprint density at radius 3 is 2.41 bits per heavy atom. The zero-order chi connectivity index (χ0) is 12.3. The molecule has 3 heteroatoms. The van der Waals surface area contributed by atoms with Crippen molar-refractivity contribution in [3.8, 4) is 0 Å². The van der Waals surface area contributed by atoms with E-state index in [1.807, 2.05) is 37.3 Å². The number of carbonyl (C=O) groups is 1. The van der Waals surface area contributed by atoms with Gasteiger partial charge in [0.1, 0.15) is 5.60 Å². The summed E-state index contributed by atoms with van der Waals surface area (Å²) in [7, 11) is 1.68. The summed E-state index contributed by atoms with van der Waals surface area (Å²) in [5.74, 6) is -0.702. The first-order chi connectivity index (χ1) is 8.02. The van der Waals surface area contributed by atoms with E-state index in [4.69, 9.17) is 4.74 Å². The molecule has 0 aromatic heterocycles. The molecule has 0 unspecified atom stereocenters. The minimum absolute atomic E-state index is 0.179. The first-order valence-electron chi connectivity index (χ1n) is 5.87. The molecule has 1 aromatic rings. The molecule has 1 aromatic carbocycles. The van der Waals surface area contributed by atoms with Crippen molar-refractivity contribution in [2.75, 3.05) is 7.11 Å². The molecule has 2 saturated carbocycles. The largest absolute Gasteiger partial charge is 0.481 e. The van der Waals surface area contributed by atoms with Gasteiger partial charge in [-0.3, -0.25) is 4.79 Å². The van der Waals surface area contributed by atoms with Crippen LogP contribution in [0.25, 0.3) is 0 Å². The fourth-order valence-electron chi connectivity index (χ4n) is 3.54. The molecule has 3 atom stereocenters. The molecule has 1 spiro atoms. The van der Waals surface area contributed by atoms with Gasteiger partial charge in [-0.2, -0.15) is 0 Å². The van der Waals surface area contributed by atoms with Crippen LogP contribution < -0.4 is 0 Å². The van der Waals surface area contributed by atoms with Crippen LogP contribution in [0.4, 0.5) is 0 Å². The molecule has 1 N–H and O–H groups in total. The predicted octanol–water partition coefficient (Wildman–Crippen LogP) is 2.41. The van der Waals surface area contributed by atoms with Crippen molar-refractivity contribution in [2.45, 2.75) is 25.4 Å². The number of rotatable bonds is 3. The minimum atomic E-state index is -0.702. The van der Waals surface area contributed by atoms with Gasteiger partial charge >= 0.3 is 5.97 Å². The molecular weight excluding hydrogens is 216 g/mol. The Hall–Kier alpha value is -1.35. The molecule has 90 valence electrons. The Kier molecular flexibility index (Phi) is 1.84. The first kappa shape index (κ1) is 10.8. The van der Waals surface area contributed by atoms with Gasteiger partial charge in [-0.15, -0.1) is 0 Å². The van der Waals surface area contributed by atoms with Crippen LogP contribution in [0.1, 0.15) is 25.3 Å². The lowest BCUT2D eigenvalue weighted by Gasteiger charge is -2.17. The van der Waals surface area contributed by atoms with E-state index in [1.54, 1.807) is 7.11 Å². The Labute approximate surface area is 100 Å². The highest BCUT2D eigenvalue weighted by Crippen LogP contribution is 2.87. The summed E-state index contributed by atoms with van der Waals surface area (Å²) >= 11 is 0. The Morgan fingerprint density at radius 1 is 1.29 bits per heavy atom. The number of carboxylic acids is 1. The predicted molar refractivity (Wildman–Crippen MR) is 62.5 cm³/mol. The van der Waals surface area contributed by atoms with Crippen LogP contribution in [0.2, 0.25) is 0 Å². The molecule has 0 bridgehead atoms. The lowest BCUT2D eigenvalue weighted by Crippen LogP contribution is -2.21. The standard InChI is InChI=1S/C14H16O3/c1-12(11(15)16)8-13(12)9-14(13,17-2)10-6-4-3-5-7-10/h3-7H,8-9H2,1-2H3,(H,15,16)/t12-,13+,14-/m1/s1. The molecule has 0 amide bonds. The van der Waals surface area contributed by atoms with E-state index in [0.717, 1.165) is 18.4 Å². The highest BCUT2D eigenvalue weighted by atomic mass is 16.5. The molecular formula is C14H16O3. The lowest BCUT2D eigenvalue weighted by molar-refractivity contribution is -0.144. The monoisotopic (exact) mass is 232 g/mol. The van der Waals surface area contributed by atoms with Crippen LogP contribution in [-0.4, -0.2) is 18.2 Å². The van der Waals surface area contributed by atoms with Gasteiger partial charge in [0.2, 0.25) is 0 Å². The fourth-order valence-corrected chi connectivity index (χ4v) is 3.54.